The first-order valence-corrected chi connectivity index (χ1v) is 20.0. The van der Waals surface area contributed by atoms with Crippen LogP contribution in [0.1, 0.15) is 0 Å². The number of benzene rings is 9. The first-order chi connectivity index (χ1) is 28.3. The fourth-order valence-corrected chi connectivity index (χ4v) is 10.1. The van der Waals surface area contributed by atoms with E-state index in [1.54, 1.807) is 0 Å². The normalized spacial score (nSPS) is 12.8. The second kappa shape index (κ2) is 12.6. The van der Waals surface area contributed by atoms with Gasteiger partial charge in [0.25, 0.3) is 0 Å². The van der Waals surface area contributed by atoms with Crippen LogP contribution in [0, 0.1) is 0 Å². The van der Waals surface area contributed by atoms with Gasteiger partial charge in [0.2, 0.25) is 0 Å². The summed E-state index contributed by atoms with van der Waals surface area (Å²) in [6, 6.07) is 68.9. The fourth-order valence-electron chi connectivity index (χ4n) is 8.68. The van der Waals surface area contributed by atoms with Gasteiger partial charge in [0.1, 0.15) is 0 Å². The molecule has 57 heavy (non-hydrogen) atoms. The minimum Gasteiger partial charge on any atom is -0.453 e. The molecule has 0 saturated carbocycles. The number of anilines is 6. The standard InChI is InChI=1S/C52H32N2O2S/c1-2-19-38-35(14-1)32-41(34-16-12-18-37(31-34)54-44-24-5-9-28-48(44)56-49-29-10-6-25-45(49)54)52-50(38)40-21-13-20-39(51(40)57-52)33-15-11-17-36(30-33)53-42-22-3-7-26-46(42)55-47-27-8-4-23-43(47)53/h1-32H. The topological polar surface area (TPSA) is 24.9 Å². The zero-order chi connectivity index (χ0) is 37.5. The molecule has 4 nitrogen and oxygen atoms in total. The van der Waals surface area contributed by atoms with E-state index in [9.17, 15) is 0 Å². The summed E-state index contributed by atoms with van der Waals surface area (Å²) in [6.07, 6.45) is 0. The Balaban J connectivity index is 1.04. The molecule has 12 rings (SSSR count). The minimum atomic E-state index is 0.845. The smallest absolute Gasteiger partial charge is 0.151 e. The van der Waals surface area contributed by atoms with E-state index in [0.717, 1.165) is 57.1 Å². The molecule has 268 valence electrons. The molecule has 10 aromatic rings. The van der Waals surface area contributed by atoms with Gasteiger partial charge in [-0.1, -0.05) is 115 Å². The van der Waals surface area contributed by atoms with Crippen molar-refractivity contribution in [1.29, 1.82) is 0 Å². The summed E-state index contributed by atoms with van der Waals surface area (Å²) in [5.74, 6) is 3.38. The van der Waals surface area contributed by atoms with Gasteiger partial charge in [-0.15, -0.1) is 11.3 Å². The number of fused-ring (bicyclic) bond motifs is 9. The molecule has 0 N–H and O–H groups in total. The van der Waals surface area contributed by atoms with Gasteiger partial charge in [-0.3, -0.25) is 0 Å². The first kappa shape index (κ1) is 32.0. The molecule has 0 unspecified atom stereocenters. The Bertz CT molecular complexity index is 3150. The highest BCUT2D eigenvalue weighted by Crippen LogP contribution is 2.53. The molecular weight excluding hydrogens is 717 g/mol. The Labute approximate surface area is 333 Å². The van der Waals surface area contributed by atoms with Crippen molar-refractivity contribution < 1.29 is 9.47 Å². The van der Waals surface area contributed by atoms with Crippen molar-refractivity contribution in [2.75, 3.05) is 9.80 Å². The molecule has 0 amide bonds. The second-order valence-electron chi connectivity index (χ2n) is 14.5. The molecule has 3 heterocycles. The van der Waals surface area contributed by atoms with E-state index in [2.05, 4.69) is 155 Å². The maximum Gasteiger partial charge on any atom is 0.151 e. The van der Waals surface area contributed by atoms with E-state index in [4.69, 9.17) is 9.47 Å². The van der Waals surface area contributed by atoms with Crippen molar-refractivity contribution in [2.24, 2.45) is 0 Å². The van der Waals surface area contributed by atoms with Gasteiger partial charge in [0, 0.05) is 37.1 Å². The average Bonchev–Trinajstić information content (AvgIpc) is 3.67. The molecule has 2 aliphatic heterocycles. The summed E-state index contributed by atoms with van der Waals surface area (Å²) < 4.78 is 15.3. The Hall–Kier alpha value is -7.34. The highest BCUT2D eigenvalue weighted by atomic mass is 32.1. The molecule has 0 radical (unpaired) electrons. The van der Waals surface area contributed by atoms with Gasteiger partial charge < -0.3 is 19.3 Å². The molecule has 0 spiro atoms. The number of nitrogens with zero attached hydrogens (tertiary/aromatic N) is 2. The maximum absolute atomic E-state index is 6.36. The Morgan fingerprint density at radius 2 is 0.807 bits per heavy atom. The van der Waals surface area contributed by atoms with Crippen molar-refractivity contribution in [3.8, 4) is 45.3 Å². The number of thiophene rings is 1. The largest absolute Gasteiger partial charge is 0.453 e. The maximum atomic E-state index is 6.36. The average molecular weight is 749 g/mol. The molecule has 0 fully saturated rings. The SMILES string of the molecule is c1cc(-c2cccc3c2sc2c(-c4cccc(N5c6ccccc6Oc6ccccc65)c4)cc4ccccc4c23)cc(N2c3ccccc3Oc3ccccc32)c1. The van der Waals surface area contributed by atoms with Crippen molar-refractivity contribution in [3.63, 3.8) is 0 Å². The van der Waals surface area contributed by atoms with Crippen LogP contribution in [0.25, 0.3) is 53.2 Å². The number of hydrogen-bond acceptors (Lipinski definition) is 5. The lowest BCUT2D eigenvalue weighted by atomic mass is 9.95. The molecule has 0 aliphatic carbocycles. The van der Waals surface area contributed by atoms with Gasteiger partial charge in [-0.05, 0) is 106 Å². The number of rotatable bonds is 4. The fraction of sp³-hybridized carbons (Fsp3) is 0. The van der Waals surface area contributed by atoms with E-state index in [1.807, 2.05) is 59.9 Å². The number of para-hydroxylation sites is 8. The predicted octanol–water partition coefficient (Wildman–Crippen LogP) is 15.7. The highest BCUT2D eigenvalue weighted by molar-refractivity contribution is 7.27. The first-order valence-electron chi connectivity index (χ1n) is 19.2. The van der Waals surface area contributed by atoms with Gasteiger partial charge in [0.05, 0.1) is 22.7 Å². The molecule has 0 bridgehead atoms. The Morgan fingerprint density at radius 1 is 0.351 bits per heavy atom. The molecule has 0 atom stereocenters. The summed E-state index contributed by atoms with van der Waals surface area (Å²) in [7, 11) is 0. The Morgan fingerprint density at radius 3 is 1.37 bits per heavy atom. The summed E-state index contributed by atoms with van der Waals surface area (Å²) in [4.78, 5) is 4.63. The Kier molecular flexibility index (Phi) is 7.06. The lowest BCUT2D eigenvalue weighted by molar-refractivity contribution is 0.477. The van der Waals surface area contributed by atoms with Crippen LogP contribution in [0.5, 0.6) is 23.0 Å². The van der Waals surface area contributed by atoms with Crippen molar-refractivity contribution in [1.82, 2.24) is 0 Å². The highest BCUT2D eigenvalue weighted by Gasteiger charge is 2.27. The van der Waals surface area contributed by atoms with E-state index in [1.165, 1.54) is 53.2 Å². The molecule has 0 saturated heterocycles. The third-order valence-electron chi connectivity index (χ3n) is 11.2. The molecule has 5 heteroatoms. The monoisotopic (exact) mass is 748 g/mol. The van der Waals surface area contributed by atoms with Crippen LogP contribution in [-0.4, -0.2) is 0 Å². The minimum absolute atomic E-state index is 0.845. The van der Waals surface area contributed by atoms with E-state index in [0.29, 0.717) is 0 Å². The summed E-state index contributed by atoms with van der Waals surface area (Å²) in [5, 5.41) is 5.06. The number of ether oxygens (including phenoxy) is 2. The third kappa shape index (κ3) is 4.99. The van der Waals surface area contributed by atoms with E-state index < -0.39 is 0 Å². The van der Waals surface area contributed by atoms with Gasteiger partial charge in [-0.2, -0.15) is 0 Å². The lowest BCUT2D eigenvalue weighted by Crippen LogP contribution is -2.15. The molecule has 2 aliphatic rings. The quantitative estimate of drug-likeness (QED) is 0.179. The second-order valence-corrected chi connectivity index (χ2v) is 15.5. The summed E-state index contributed by atoms with van der Waals surface area (Å²) in [5.41, 5.74) is 11.0. The summed E-state index contributed by atoms with van der Waals surface area (Å²) in [6.45, 7) is 0. The molecular formula is C52H32N2O2S. The predicted molar refractivity (Wildman–Crippen MR) is 237 cm³/mol. The van der Waals surface area contributed by atoms with Crippen LogP contribution >= 0.6 is 11.3 Å². The molecule has 9 aromatic carbocycles. The zero-order valence-corrected chi connectivity index (χ0v) is 31.4. The third-order valence-corrected chi connectivity index (χ3v) is 12.5. The van der Waals surface area contributed by atoms with Crippen LogP contribution < -0.4 is 19.3 Å². The zero-order valence-electron chi connectivity index (χ0n) is 30.6. The van der Waals surface area contributed by atoms with Crippen molar-refractivity contribution >= 4 is 76.4 Å². The van der Waals surface area contributed by atoms with Gasteiger partial charge in [-0.25, -0.2) is 0 Å². The van der Waals surface area contributed by atoms with E-state index >= 15 is 0 Å². The lowest BCUT2D eigenvalue weighted by Gasteiger charge is -2.33. The van der Waals surface area contributed by atoms with Gasteiger partial charge >= 0.3 is 0 Å². The van der Waals surface area contributed by atoms with Crippen LogP contribution in [0.3, 0.4) is 0 Å². The molecule has 1 aromatic heterocycles. The van der Waals surface area contributed by atoms with Crippen molar-refractivity contribution in [3.05, 3.63) is 194 Å². The van der Waals surface area contributed by atoms with Crippen LogP contribution in [0.15, 0.2) is 194 Å². The number of hydrogen-bond donors (Lipinski definition) is 0. The van der Waals surface area contributed by atoms with Crippen LogP contribution in [-0.2, 0) is 0 Å². The van der Waals surface area contributed by atoms with Crippen molar-refractivity contribution in [2.45, 2.75) is 0 Å². The van der Waals surface area contributed by atoms with Gasteiger partial charge in [0.15, 0.2) is 23.0 Å². The van der Waals surface area contributed by atoms with E-state index in [-0.39, 0.29) is 0 Å². The summed E-state index contributed by atoms with van der Waals surface area (Å²) >= 11 is 1.89. The van der Waals surface area contributed by atoms with Crippen LogP contribution in [0.2, 0.25) is 0 Å². The van der Waals surface area contributed by atoms with Crippen LogP contribution in [0.4, 0.5) is 34.1 Å².